The van der Waals surface area contributed by atoms with Gasteiger partial charge in [0, 0.05) is 19.0 Å². The van der Waals surface area contributed by atoms with Gasteiger partial charge in [-0.15, -0.1) is 5.10 Å². The number of carbonyl (C=O) groups is 1. The fraction of sp³-hybridized carbons (Fsp3) is 0.476. The Morgan fingerprint density at radius 2 is 2.00 bits per heavy atom. The summed E-state index contributed by atoms with van der Waals surface area (Å²) in [5, 5.41) is 8.07. The summed E-state index contributed by atoms with van der Waals surface area (Å²) in [7, 11) is 0. The molecule has 1 unspecified atom stereocenters. The van der Waals surface area contributed by atoms with Gasteiger partial charge in [-0.2, -0.15) is 5.10 Å². The van der Waals surface area contributed by atoms with Gasteiger partial charge < -0.3 is 9.64 Å². The summed E-state index contributed by atoms with van der Waals surface area (Å²) in [6.07, 6.45) is 5.55. The van der Waals surface area contributed by atoms with Gasteiger partial charge in [-0.05, 0) is 50.7 Å². The Balaban J connectivity index is 1.40. The smallest absolute Gasteiger partial charge is 0.233 e. The molecule has 0 radical (unpaired) electrons. The fourth-order valence-corrected chi connectivity index (χ4v) is 3.29. The van der Waals surface area contributed by atoms with E-state index < -0.39 is 0 Å². The van der Waals surface area contributed by atoms with Crippen LogP contribution >= 0.6 is 0 Å². The van der Waals surface area contributed by atoms with Crippen LogP contribution in [0, 0.1) is 6.92 Å². The number of ether oxygens (including phenoxy) is 1. The van der Waals surface area contributed by atoms with Gasteiger partial charge >= 0.3 is 0 Å². The molecule has 1 atom stereocenters. The summed E-state index contributed by atoms with van der Waals surface area (Å²) in [5.41, 5.74) is 2.21. The zero-order valence-corrected chi connectivity index (χ0v) is 15.4. The maximum atomic E-state index is 12.5. The molecule has 5 heteroatoms. The molecule has 1 aliphatic rings. The van der Waals surface area contributed by atoms with Crippen molar-refractivity contribution >= 4 is 5.91 Å². The second kappa shape index (κ2) is 9.32. The fourth-order valence-electron chi connectivity index (χ4n) is 3.29. The van der Waals surface area contributed by atoms with Gasteiger partial charge in [0.05, 0.1) is 12.2 Å². The SMILES string of the molecule is Cc1ccc(OC2CCCN(C(=O)CCCCc3ccccc3)C2)nn1. The zero-order chi connectivity index (χ0) is 18.2. The van der Waals surface area contributed by atoms with Crippen molar-refractivity contribution in [2.24, 2.45) is 0 Å². The number of benzene rings is 1. The second-order valence-electron chi connectivity index (χ2n) is 6.93. The molecule has 1 aromatic heterocycles. The van der Waals surface area contributed by atoms with Crippen molar-refractivity contribution in [3.05, 3.63) is 53.7 Å². The van der Waals surface area contributed by atoms with Gasteiger partial charge in [-0.1, -0.05) is 30.3 Å². The average Bonchev–Trinajstić information content (AvgIpc) is 2.68. The first-order chi connectivity index (χ1) is 12.7. The van der Waals surface area contributed by atoms with Gasteiger partial charge in [-0.25, -0.2) is 0 Å². The van der Waals surface area contributed by atoms with E-state index >= 15 is 0 Å². The molecule has 0 aliphatic carbocycles. The number of likely N-dealkylation sites (tertiary alicyclic amines) is 1. The third-order valence-corrected chi connectivity index (χ3v) is 4.74. The van der Waals surface area contributed by atoms with Crippen molar-refractivity contribution < 1.29 is 9.53 Å². The average molecular weight is 353 g/mol. The number of aryl methyl sites for hydroxylation is 2. The quantitative estimate of drug-likeness (QED) is 0.714. The highest BCUT2D eigenvalue weighted by Gasteiger charge is 2.24. The predicted molar refractivity (Wildman–Crippen MR) is 101 cm³/mol. The number of amides is 1. The Bertz CT molecular complexity index is 688. The molecule has 138 valence electrons. The van der Waals surface area contributed by atoms with Gasteiger partial charge in [0.15, 0.2) is 0 Å². The van der Waals surface area contributed by atoms with Gasteiger partial charge in [0.25, 0.3) is 0 Å². The number of piperidine rings is 1. The standard InChI is InChI=1S/C21H27N3O2/c1-17-13-14-20(23-22-17)26-19-11-7-15-24(16-19)21(25)12-6-5-10-18-8-3-2-4-9-18/h2-4,8-9,13-14,19H,5-7,10-12,15-16H2,1H3. The van der Waals surface area contributed by atoms with E-state index in [1.165, 1.54) is 5.56 Å². The minimum Gasteiger partial charge on any atom is -0.471 e. The molecule has 1 aliphatic heterocycles. The summed E-state index contributed by atoms with van der Waals surface area (Å²) in [4.78, 5) is 14.4. The Hall–Kier alpha value is -2.43. The molecular formula is C21H27N3O2. The van der Waals surface area contributed by atoms with Crippen LogP contribution in [0.15, 0.2) is 42.5 Å². The molecule has 2 aromatic rings. The Morgan fingerprint density at radius 3 is 2.77 bits per heavy atom. The van der Waals surface area contributed by atoms with Crippen LogP contribution in [0.25, 0.3) is 0 Å². The molecule has 0 bridgehead atoms. The molecule has 5 nitrogen and oxygen atoms in total. The number of nitrogens with zero attached hydrogens (tertiary/aromatic N) is 3. The third-order valence-electron chi connectivity index (χ3n) is 4.74. The monoisotopic (exact) mass is 353 g/mol. The van der Waals surface area contributed by atoms with E-state index in [9.17, 15) is 4.79 Å². The molecule has 0 N–H and O–H groups in total. The van der Waals surface area contributed by atoms with Crippen LogP contribution in [-0.4, -0.2) is 40.2 Å². The van der Waals surface area contributed by atoms with Gasteiger partial charge in [0.2, 0.25) is 11.8 Å². The summed E-state index contributed by atoms with van der Waals surface area (Å²) >= 11 is 0. The van der Waals surface area contributed by atoms with Crippen molar-refractivity contribution in [2.45, 2.75) is 51.6 Å². The van der Waals surface area contributed by atoms with Crippen LogP contribution in [0.2, 0.25) is 0 Å². The normalized spacial score (nSPS) is 17.1. The maximum absolute atomic E-state index is 12.5. The Labute approximate surface area is 155 Å². The van der Waals surface area contributed by atoms with Crippen LogP contribution < -0.4 is 4.74 Å². The number of unbranched alkanes of at least 4 members (excludes halogenated alkanes) is 1. The summed E-state index contributed by atoms with van der Waals surface area (Å²) in [6, 6.07) is 14.2. The lowest BCUT2D eigenvalue weighted by molar-refractivity contribution is -0.134. The maximum Gasteiger partial charge on any atom is 0.233 e. The highest BCUT2D eigenvalue weighted by atomic mass is 16.5. The van der Waals surface area contributed by atoms with E-state index in [1.807, 2.05) is 30.0 Å². The van der Waals surface area contributed by atoms with Crippen LogP contribution in [0.1, 0.15) is 43.4 Å². The Morgan fingerprint density at radius 1 is 1.15 bits per heavy atom. The number of carbonyl (C=O) groups excluding carboxylic acids is 1. The Kier molecular flexibility index (Phi) is 6.58. The van der Waals surface area contributed by atoms with E-state index in [1.54, 1.807) is 0 Å². The predicted octanol–water partition coefficient (Wildman–Crippen LogP) is 3.57. The van der Waals surface area contributed by atoms with E-state index in [4.69, 9.17) is 4.74 Å². The van der Waals surface area contributed by atoms with E-state index in [0.717, 1.165) is 44.3 Å². The van der Waals surface area contributed by atoms with Crippen molar-refractivity contribution in [2.75, 3.05) is 13.1 Å². The van der Waals surface area contributed by atoms with Gasteiger partial charge in [0.1, 0.15) is 6.10 Å². The minimum absolute atomic E-state index is 0.00836. The molecule has 1 fully saturated rings. The highest BCUT2D eigenvalue weighted by molar-refractivity contribution is 5.76. The van der Waals surface area contributed by atoms with E-state index in [2.05, 4.69) is 34.5 Å². The number of aromatic nitrogens is 2. The third kappa shape index (κ3) is 5.55. The minimum atomic E-state index is 0.00836. The topological polar surface area (TPSA) is 55.3 Å². The second-order valence-corrected chi connectivity index (χ2v) is 6.93. The van der Waals surface area contributed by atoms with E-state index in [0.29, 0.717) is 18.8 Å². The molecule has 1 saturated heterocycles. The summed E-state index contributed by atoms with van der Waals surface area (Å²) in [6.45, 7) is 3.37. The van der Waals surface area contributed by atoms with Crippen molar-refractivity contribution in [3.8, 4) is 5.88 Å². The number of rotatable bonds is 7. The van der Waals surface area contributed by atoms with Crippen LogP contribution in [0.5, 0.6) is 5.88 Å². The van der Waals surface area contributed by atoms with Crippen molar-refractivity contribution in [1.82, 2.24) is 15.1 Å². The molecule has 2 heterocycles. The highest BCUT2D eigenvalue weighted by Crippen LogP contribution is 2.18. The molecule has 0 spiro atoms. The van der Waals surface area contributed by atoms with Gasteiger partial charge in [-0.3, -0.25) is 4.79 Å². The number of hydrogen-bond acceptors (Lipinski definition) is 4. The number of hydrogen-bond donors (Lipinski definition) is 0. The zero-order valence-electron chi connectivity index (χ0n) is 15.4. The first kappa shape index (κ1) is 18.4. The lowest BCUT2D eigenvalue weighted by Crippen LogP contribution is -2.44. The molecule has 1 amide bonds. The molecule has 26 heavy (non-hydrogen) atoms. The lowest BCUT2D eigenvalue weighted by atomic mass is 10.1. The van der Waals surface area contributed by atoms with Crippen LogP contribution in [0.4, 0.5) is 0 Å². The van der Waals surface area contributed by atoms with Crippen molar-refractivity contribution in [1.29, 1.82) is 0 Å². The largest absolute Gasteiger partial charge is 0.471 e. The van der Waals surface area contributed by atoms with Crippen LogP contribution in [0.3, 0.4) is 0 Å². The van der Waals surface area contributed by atoms with Crippen LogP contribution in [-0.2, 0) is 11.2 Å². The first-order valence-corrected chi connectivity index (χ1v) is 9.49. The summed E-state index contributed by atoms with van der Waals surface area (Å²) in [5.74, 6) is 0.777. The van der Waals surface area contributed by atoms with E-state index in [-0.39, 0.29) is 12.0 Å². The lowest BCUT2D eigenvalue weighted by Gasteiger charge is -2.32. The molecule has 1 aromatic carbocycles. The molecular weight excluding hydrogens is 326 g/mol. The molecule has 3 rings (SSSR count). The molecule has 0 saturated carbocycles. The van der Waals surface area contributed by atoms with Crippen molar-refractivity contribution in [3.63, 3.8) is 0 Å². The first-order valence-electron chi connectivity index (χ1n) is 9.49. The summed E-state index contributed by atoms with van der Waals surface area (Å²) < 4.78 is 5.91.